The van der Waals surface area contributed by atoms with Crippen molar-refractivity contribution in [3.8, 4) is 11.3 Å². The van der Waals surface area contributed by atoms with Gasteiger partial charge in [-0.3, -0.25) is 9.59 Å². The minimum absolute atomic E-state index is 0.0205. The van der Waals surface area contributed by atoms with Gasteiger partial charge in [-0.25, -0.2) is 9.97 Å². The van der Waals surface area contributed by atoms with Gasteiger partial charge in [-0.1, -0.05) is 29.6 Å². The number of thioether (sulfide) groups is 1. The second-order valence-corrected chi connectivity index (χ2v) is 8.46. The lowest BCUT2D eigenvalue weighted by Gasteiger charge is -2.12. The van der Waals surface area contributed by atoms with Gasteiger partial charge in [-0.15, -0.1) is 11.8 Å². The van der Waals surface area contributed by atoms with Gasteiger partial charge >= 0.3 is 0 Å². The molecule has 29 heavy (non-hydrogen) atoms. The Balaban J connectivity index is 1.95. The van der Waals surface area contributed by atoms with Crippen molar-refractivity contribution in [3.63, 3.8) is 0 Å². The Labute approximate surface area is 183 Å². The maximum absolute atomic E-state index is 12.6. The average Bonchev–Trinajstić information content (AvgIpc) is 2.66. The van der Waals surface area contributed by atoms with Gasteiger partial charge in [-0.2, -0.15) is 0 Å². The number of hydrogen-bond donors (Lipinski definition) is 3. The van der Waals surface area contributed by atoms with Crippen LogP contribution in [0.3, 0.4) is 0 Å². The Morgan fingerprint density at radius 1 is 0.931 bits per heavy atom. The number of rotatable bonds is 0. The van der Waals surface area contributed by atoms with Gasteiger partial charge in [0.1, 0.15) is 5.03 Å². The van der Waals surface area contributed by atoms with Crippen LogP contribution in [-0.4, -0.2) is 40.6 Å². The molecular weight excluding hydrogens is 433 g/mol. The lowest BCUT2D eigenvalue weighted by molar-refractivity contribution is -0.121. The Bertz CT molecular complexity index is 926. The summed E-state index contributed by atoms with van der Waals surface area (Å²) >= 11 is 14.1. The highest BCUT2D eigenvalue weighted by Gasteiger charge is 2.17. The number of carbonyl (C=O) groups excluding carboxylic acids is 2. The van der Waals surface area contributed by atoms with Crippen molar-refractivity contribution in [2.24, 2.45) is 0 Å². The summed E-state index contributed by atoms with van der Waals surface area (Å²) in [4.78, 5) is 32.9. The van der Waals surface area contributed by atoms with Crippen LogP contribution < -0.4 is 16.4 Å². The van der Waals surface area contributed by atoms with E-state index in [0.717, 1.165) is 19.3 Å². The van der Waals surface area contributed by atoms with Crippen molar-refractivity contribution < 1.29 is 9.59 Å². The van der Waals surface area contributed by atoms with E-state index in [2.05, 4.69) is 20.6 Å². The summed E-state index contributed by atoms with van der Waals surface area (Å²) in [5, 5.41) is 7.03. The van der Waals surface area contributed by atoms with Crippen LogP contribution in [0.4, 0.5) is 5.95 Å². The second kappa shape index (κ2) is 10.1. The Kier molecular flexibility index (Phi) is 7.57. The predicted molar refractivity (Wildman–Crippen MR) is 116 cm³/mol. The van der Waals surface area contributed by atoms with Gasteiger partial charge in [0.25, 0.3) is 5.91 Å². The van der Waals surface area contributed by atoms with Crippen molar-refractivity contribution in [1.82, 2.24) is 20.6 Å². The molecule has 0 fully saturated rings. The molecule has 1 aliphatic heterocycles. The zero-order valence-electron chi connectivity index (χ0n) is 15.6. The molecule has 0 saturated carbocycles. The van der Waals surface area contributed by atoms with Gasteiger partial charge in [0.15, 0.2) is 0 Å². The summed E-state index contributed by atoms with van der Waals surface area (Å²) in [6.45, 7) is 1.03. The minimum Gasteiger partial charge on any atom is -0.368 e. The highest BCUT2D eigenvalue weighted by molar-refractivity contribution is 7.99. The van der Waals surface area contributed by atoms with E-state index in [1.807, 2.05) is 0 Å². The molecule has 1 aliphatic rings. The van der Waals surface area contributed by atoms with E-state index in [-0.39, 0.29) is 22.8 Å². The molecule has 2 heterocycles. The predicted octanol–water partition coefficient (Wildman–Crippen LogP) is 3.54. The molecule has 0 unspecified atom stereocenters. The fourth-order valence-electron chi connectivity index (χ4n) is 2.89. The molecule has 4 bridgehead atoms. The smallest absolute Gasteiger partial charge is 0.252 e. The second-order valence-electron chi connectivity index (χ2n) is 6.53. The minimum atomic E-state index is -0.289. The molecule has 2 aromatic rings. The molecular formula is C19H21Cl2N5O2S. The van der Waals surface area contributed by atoms with E-state index in [0.29, 0.717) is 52.1 Å². The summed E-state index contributed by atoms with van der Waals surface area (Å²) in [5.74, 6) is 0.472. The summed E-state index contributed by atoms with van der Waals surface area (Å²) in [5.41, 5.74) is 7.23. The van der Waals surface area contributed by atoms with E-state index in [4.69, 9.17) is 28.9 Å². The zero-order chi connectivity index (χ0) is 20.8. The molecule has 0 atom stereocenters. The summed E-state index contributed by atoms with van der Waals surface area (Å²) < 4.78 is 0. The fourth-order valence-corrected chi connectivity index (χ4v) is 4.23. The highest BCUT2D eigenvalue weighted by Crippen LogP contribution is 2.33. The summed E-state index contributed by atoms with van der Waals surface area (Å²) in [7, 11) is 0. The number of fused-ring (bicyclic) bond motifs is 5. The molecule has 0 spiro atoms. The number of amides is 2. The third kappa shape index (κ3) is 5.98. The molecule has 4 N–H and O–H groups in total. The topological polar surface area (TPSA) is 110 Å². The molecule has 1 aromatic heterocycles. The van der Waals surface area contributed by atoms with Crippen molar-refractivity contribution >= 4 is 52.7 Å². The van der Waals surface area contributed by atoms with Gasteiger partial charge in [0.2, 0.25) is 11.9 Å². The number of anilines is 1. The van der Waals surface area contributed by atoms with Crippen LogP contribution in [0, 0.1) is 0 Å². The lowest BCUT2D eigenvalue weighted by Crippen LogP contribution is -2.26. The van der Waals surface area contributed by atoms with Crippen LogP contribution in [0.1, 0.15) is 36.0 Å². The molecule has 2 amide bonds. The Hall–Kier alpha value is -2.03. The van der Waals surface area contributed by atoms with E-state index in [9.17, 15) is 9.59 Å². The fraction of sp³-hybridized carbons (Fsp3) is 0.368. The van der Waals surface area contributed by atoms with E-state index in [1.54, 1.807) is 12.1 Å². The number of hydrogen-bond acceptors (Lipinski definition) is 6. The molecule has 3 rings (SSSR count). The number of nitrogens with zero attached hydrogens (tertiary/aromatic N) is 2. The number of nitrogens with two attached hydrogens (primary N) is 1. The van der Waals surface area contributed by atoms with Crippen LogP contribution in [0.15, 0.2) is 23.2 Å². The van der Waals surface area contributed by atoms with Crippen LogP contribution in [0.5, 0.6) is 0 Å². The van der Waals surface area contributed by atoms with Crippen molar-refractivity contribution in [3.05, 3.63) is 33.8 Å². The molecule has 0 saturated heterocycles. The number of halogens is 2. The van der Waals surface area contributed by atoms with E-state index < -0.39 is 0 Å². The average molecular weight is 454 g/mol. The standard InChI is InChI=1S/C19H21Cl2N5O2S/c20-13-9-14(21)12-8-11(13)15-10-17(26-19(22)25-15)29-7-6-23-16(27)4-2-1-3-5-24-18(12)28/h8-10H,1-7H2,(H,23,27)(H,24,28)(H2,22,25,26). The lowest BCUT2D eigenvalue weighted by atomic mass is 10.1. The monoisotopic (exact) mass is 453 g/mol. The number of aromatic nitrogens is 2. The zero-order valence-corrected chi connectivity index (χ0v) is 18.0. The van der Waals surface area contributed by atoms with Crippen LogP contribution in [0.2, 0.25) is 10.0 Å². The molecule has 0 aliphatic carbocycles. The van der Waals surface area contributed by atoms with Gasteiger partial charge in [0, 0.05) is 30.8 Å². The van der Waals surface area contributed by atoms with Crippen LogP contribution in [-0.2, 0) is 4.79 Å². The first-order valence-electron chi connectivity index (χ1n) is 9.25. The van der Waals surface area contributed by atoms with Crippen molar-refractivity contribution in [2.75, 3.05) is 24.6 Å². The first-order chi connectivity index (χ1) is 13.9. The molecule has 7 nitrogen and oxygen atoms in total. The maximum Gasteiger partial charge on any atom is 0.252 e. The van der Waals surface area contributed by atoms with Crippen molar-refractivity contribution in [1.29, 1.82) is 0 Å². The highest BCUT2D eigenvalue weighted by atomic mass is 35.5. The summed E-state index contributed by atoms with van der Waals surface area (Å²) in [6.07, 6.45) is 2.86. The molecule has 10 heteroatoms. The van der Waals surface area contributed by atoms with Gasteiger partial charge in [-0.05, 0) is 31.0 Å². The Morgan fingerprint density at radius 2 is 1.72 bits per heavy atom. The largest absolute Gasteiger partial charge is 0.368 e. The Morgan fingerprint density at radius 3 is 2.55 bits per heavy atom. The van der Waals surface area contributed by atoms with Crippen LogP contribution in [0.25, 0.3) is 11.3 Å². The normalized spacial score (nSPS) is 16.3. The first kappa shape index (κ1) is 21.7. The van der Waals surface area contributed by atoms with E-state index >= 15 is 0 Å². The van der Waals surface area contributed by atoms with Gasteiger partial charge in [0.05, 0.1) is 21.3 Å². The van der Waals surface area contributed by atoms with Crippen molar-refractivity contribution in [2.45, 2.75) is 30.7 Å². The maximum atomic E-state index is 12.6. The number of benzene rings is 1. The molecule has 0 radical (unpaired) electrons. The number of nitrogens with one attached hydrogen (secondary N) is 2. The number of nitrogen functional groups attached to an aromatic ring is 1. The quantitative estimate of drug-likeness (QED) is 0.526. The third-order valence-corrected chi connectivity index (χ3v) is 5.88. The first-order valence-corrected chi connectivity index (χ1v) is 11.0. The SMILES string of the molecule is Nc1nc2cc(n1)-c1cc(c(Cl)cc1Cl)C(=O)NCCCCCC(=O)NCCS2. The van der Waals surface area contributed by atoms with Crippen LogP contribution >= 0.6 is 35.0 Å². The third-order valence-electron chi connectivity index (χ3n) is 4.34. The number of carbonyl (C=O) groups is 2. The summed E-state index contributed by atoms with van der Waals surface area (Å²) in [6, 6.07) is 4.91. The van der Waals surface area contributed by atoms with Gasteiger partial charge < -0.3 is 16.4 Å². The molecule has 1 aromatic carbocycles. The van der Waals surface area contributed by atoms with E-state index in [1.165, 1.54) is 17.8 Å². The molecule has 154 valence electrons.